The average Bonchev–Trinajstić information content (AvgIpc) is 2.40. The zero-order valence-corrected chi connectivity index (χ0v) is 11.0. The summed E-state index contributed by atoms with van der Waals surface area (Å²) >= 11 is 5.96. The maximum atomic E-state index is 12.8. The summed E-state index contributed by atoms with van der Waals surface area (Å²) in [6.07, 6.45) is 0.383. The fraction of sp³-hybridized carbons (Fsp3) is 0.538. The number of phenolic OH excluding ortho intramolecular Hbond substituents is 1. The summed E-state index contributed by atoms with van der Waals surface area (Å²) in [6.45, 7) is 3.10. The van der Waals surface area contributed by atoms with Gasteiger partial charge >= 0.3 is 0 Å². The fourth-order valence-electron chi connectivity index (χ4n) is 2.42. The van der Waals surface area contributed by atoms with Crippen LogP contribution in [-0.4, -0.2) is 42.9 Å². The molecule has 1 aromatic carbocycles. The Morgan fingerprint density at radius 2 is 2.11 bits per heavy atom. The number of alkyl halides is 1. The summed E-state index contributed by atoms with van der Waals surface area (Å²) in [6, 6.07) is 4.85. The molecule has 5 heteroatoms. The van der Waals surface area contributed by atoms with Gasteiger partial charge in [0.05, 0.1) is 6.67 Å². The highest BCUT2D eigenvalue weighted by Crippen LogP contribution is 2.33. The van der Waals surface area contributed by atoms with Crippen molar-refractivity contribution in [3.05, 3.63) is 28.8 Å². The van der Waals surface area contributed by atoms with E-state index in [0.717, 1.165) is 31.7 Å². The maximum absolute atomic E-state index is 12.8. The van der Waals surface area contributed by atoms with E-state index >= 15 is 0 Å². The number of nitrogens with one attached hydrogen (secondary N) is 1. The highest BCUT2D eigenvalue weighted by molar-refractivity contribution is 6.30. The van der Waals surface area contributed by atoms with Crippen LogP contribution in [-0.2, 0) is 0 Å². The molecule has 100 valence electrons. The fourth-order valence-corrected chi connectivity index (χ4v) is 2.60. The predicted molar refractivity (Wildman–Crippen MR) is 70.9 cm³/mol. The first-order chi connectivity index (χ1) is 8.72. The van der Waals surface area contributed by atoms with E-state index in [2.05, 4.69) is 10.2 Å². The van der Waals surface area contributed by atoms with E-state index in [0.29, 0.717) is 11.4 Å². The van der Waals surface area contributed by atoms with Crippen molar-refractivity contribution in [2.45, 2.75) is 12.5 Å². The zero-order valence-electron chi connectivity index (χ0n) is 10.2. The minimum absolute atomic E-state index is 0.101. The normalized spacial score (nSPS) is 18.8. The Hall–Kier alpha value is -0.840. The number of aromatic hydroxyl groups is 1. The summed E-state index contributed by atoms with van der Waals surface area (Å²) < 4.78 is 12.8. The van der Waals surface area contributed by atoms with E-state index in [4.69, 9.17) is 11.6 Å². The van der Waals surface area contributed by atoms with Gasteiger partial charge in [-0.15, -0.1) is 0 Å². The lowest BCUT2D eigenvalue weighted by atomic mass is 10.0. The Morgan fingerprint density at radius 3 is 2.78 bits per heavy atom. The van der Waals surface area contributed by atoms with Crippen molar-refractivity contribution in [2.75, 3.05) is 32.9 Å². The summed E-state index contributed by atoms with van der Waals surface area (Å²) in [7, 11) is 0. The lowest BCUT2D eigenvalue weighted by molar-refractivity contribution is 0.155. The van der Waals surface area contributed by atoms with E-state index in [1.165, 1.54) is 0 Å². The van der Waals surface area contributed by atoms with Crippen LogP contribution in [0.3, 0.4) is 0 Å². The van der Waals surface area contributed by atoms with Crippen LogP contribution in [0.5, 0.6) is 5.75 Å². The first-order valence-electron chi connectivity index (χ1n) is 6.21. The molecule has 1 saturated heterocycles. The SMILES string of the molecule is Oc1ccc(Cl)cc1[C@@H](CCF)N1CCNCC1. The van der Waals surface area contributed by atoms with Gasteiger partial charge in [-0.25, -0.2) is 0 Å². The molecule has 0 unspecified atom stereocenters. The Morgan fingerprint density at radius 1 is 1.39 bits per heavy atom. The first-order valence-corrected chi connectivity index (χ1v) is 6.59. The first kappa shape index (κ1) is 13.6. The van der Waals surface area contributed by atoms with Crippen LogP contribution in [0.15, 0.2) is 18.2 Å². The predicted octanol–water partition coefficient (Wildman–Crippen LogP) is 2.35. The van der Waals surface area contributed by atoms with Crippen LogP contribution in [0, 0.1) is 0 Å². The number of hydrogen-bond donors (Lipinski definition) is 2. The second kappa shape index (κ2) is 6.36. The van der Waals surface area contributed by atoms with E-state index < -0.39 is 6.67 Å². The molecule has 0 amide bonds. The highest BCUT2D eigenvalue weighted by Gasteiger charge is 2.24. The maximum Gasteiger partial charge on any atom is 0.120 e. The Balaban J connectivity index is 2.24. The Kier molecular flexibility index (Phi) is 4.80. The third kappa shape index (κ3) is 3.13. The minimum Gasteiger partial charge on any atom is -0.508 e. The number of hydrogen-bond acceptors (Lipinski definition) is 3. The second-order valence-corrected chi connectivity index (χ2v) is 4.92. The van der Waals surface area contributed by atoms with Crippen molar-refractivity contribution < 1.29 is 9.50 Å². The molecular formula is C13H18ClFN2O. The van der Waals surface area contributed by atoms with Crippen LogP contribution < -0.4 is 5.32 Å². The van der Waals surface area contributed by atoms with Gasteiger partial charge in [0.25, 0.3) is 0 Å². The van der Waals surface area contributed by atoms with E-state index in [1.807, 2.05) is 0 Å². The molecule has 3 nitrogen and oxygen atoms in total. The van der Waals surface area contributed by atoms with Crippen LogP contribution in [0.2, 0.25) is 5.02 Å². The molecule has 0 aromatic heterocycles. The van der Waals surface area contributed by atoms with E-state index in [9.17, 15) is 9.50 Å². The Labute approximate surface area is 112 Å². The van der Waals surface area contributed by atoms with Gasteiger partial charge in [-0.2, -0.15) is 0 Å². The lowest BCUT2D eigenvalue weighted by Crippen LogP contribution is -2.45. The second-order valence-electron chi connectivity index (χ2n) is 4.48. The molecule has 1 aromatic rings. The molecule has 0 aliphatic carbocycles. The minimum atomic E-state index is -0.402. The van der Waals surface area contributed by atoms with Gasteiger partial charge in [-0.1, -0.05) is 11.6 Å². The van der Waals surface area contributed by atoms with E-state index in [-0.39, 0.29) is 11.8 Å². The molecular weight excluding hydrogens is 255 g/mol. The topological polar surface area (TPSA) is 35.5 Å². The summed E-state index contributed by atoms with van der Waals surface area (Å²) in [4.78, 5) is 2.20. The molecule has 0 saturated carbocycles. The van der Waals surface area contributed by atoms with Crippen LogP contribution in [0.1, 0.15) is 18.0 Å². The smallest absolute Gasteiger partial charge is 0.120 e. The standard InChI is InChI=1S/C13H18ClFN2O/c14-10-1-2-13(18)11(9-10)12(3-4-15)17-7-5-16-6-8-17/h1-2,9,12,16,18H,3-8H2/t12-/m1/s1. The van der Waals surface area contributed by atoms with Gasteiger partial charge in [0.2, 0.25) is 0 Å². The van der Waals surface area contributed by atoms with Crippen LogP contribution in [0.4, 0.5) is 4.39 Å². The number of halogens is 2. The van der Waals surface area contributed by atoms with Gasteiger partial charge in [0.15, 0.2) is 0 Å². The summed E-state index contributed by atoms with van der Waals surface area (Å²) in [5.74, 6) is 0.191. The van der Waals surface area contributed by atoms with Crippen molar-refractivity contribution in [3.8, 4) is 5.75 Å². The Bertz CT molecular complexity index is 397. The monoisotopic (exact) mass is 272 g/mol. The van der Waals surface area contributed by atoms with Gasteiger partial charge < -0.3 is 10.4 Å². The third-order valence-electron chi connectivity index (χ3n) is 3.32. The zero-order chi connectivity index (χ0) is 13.0. The molecule has 1 heterocycles. The average molecular weight is 273 g/mol. The molecule has 1 fully saturated rings. The van der Waals surface area contributed by atoms with Crippen LogP contribution in [0.25, 0.3) is 0 Å². The molecule has 1 aliphatic heterocycles. The van der Waals surface area contributed by atoms with Gasteiger partial charge in [-0.3, -0.25) is 9.29 Å². The van der Waals surface area contributed by atoms with Crippen molar-refractivity contribution >= 4 is 11.6 Å². The number of piperazine rings is 1. The number of phenols is 1. The molecule has 1 atom stereocenters. The molecule has 0 bridgehead atoms. The third-order valence-corrected chi connectivity index (χ3v) is 3.56. The van der Waals surface area contributed by atoms with Gasteiger partial charge in [0.1, 0.15) is 5.75 Å². The van der Waals surface area contributed by atoms with Crippen molar-refractivity contribution in [3.63, 3.8) is 0 Å². The van der Waals surface area contributed by atoms with Gasteiger partial charge in [-0.05, 0) is 24.6 Å². The van der Waals surface area contributed by atoms with Crippen LogP contribution >= 0.6 is 11.6 Å². The molecule has 2 N–H and O–H groups in total. The highest BCUT2D eigenvalue weighted by atomic mass is 35.5. The van der Waals surface area contributed by atoms with Crippen molar-refractivity contribution in [2.24, 2.45) is 0 Å². The van der Waals surface area contributed by atoms with Gasteiger partial charge in [0, 0.05) is 42.8 Å². The number of nitrogens with zero attached hydrogens (tertiary/aromatic N) is 1. The largest absolute Gasteiger partial charge is 0.508 e. The number of rotatable bonds is 4. The van der Waals surface area contributed by atoms with Crippen molar-refractivity contribution in [1.29, 1.82) is 0 Å². The number of benzene rings is 1. The quantitative estimate of drug-likeness (QED) is 0.883. The molecule has 18 heavy (non-hydrogen) atoms. The summed E-state index contributed by atoms with van der Waals surface area (Å²) in [5.41, 5.74) is 0.724. The summed E-state index contributed by atoms with van der Waals surface area (Å²) in [5, 5.41) is 13.8. The lowest BCUT2D eigenvalue weighted by Gasteiger charge is -2.35. The van der Waals surface area contributed by atoms with E-state index in [1.54, 1.807) is 18.2 Å². The molecule has 0 radical (unpaired) electrons. The van der Waals surface area contributed by atoms with Crippen molar-refractivity contribution in [1.82, 2.24) is 10.2 Å². The molecule has 2 rings (SSSR count). The molecule has 0 spiro atoms. The molecule has 1 aliphatic rings.